The fourth-order valence-electron chi connectivity index (χ4n) is 2.98. The van der Waals surface area contributed by atoms with E-state index in [1.807, 2.05) is 18.2 Å². The number of thiazole rings is 1. The molecular formula is C22H22N2O3S2. The summed E-state index contributed by atoms with van der Waals surface area (Å²) in [7, 11) is -3.62. The minimum atomic E-state index is -3.62. The van der Waals surface area contributed by atoms with Crippen molar-refractivity contribution in [3.63, 3.8) is 0 Å². The molecule has 150 valence electrons. The molecule has 1 aromatic heterocycles. The first-order valence-electron chi connectivity index (χ1n) is 9.18. The number of carbonyl (C=O) groups is 1. The molecule has 0 saturated heterocycles. The first kappa shape index (κ1) is 21.0. The van der Waals surface area contributed by atoms with E-state index in [9.17, 15) is 13.2 Å². The first-order chi connectivity index (χ1) is 13.8. The van der Waals surface area contributed by atoms with Crippen LogP contribution in [0.4, 0.5) is 0 Å². The minimum Gasteiger partial charge on any atom is -0.305 e. The molecule has 1 heterocycles. The quantitative estimate of drug-likeness (QED) is 0.567. The van der Waals surface area contributed by atoms with E-state index in [-0.39, 0.29) is 12.3 Å². The second kappa shape index (κ2) is 8.76. The number of amides is 1. The van der Waals surface area contributed by atoms with Crippen LogP contribution < -0.4 is 4.80 Å². The van der Waals surface area contributed by atoms with E-state index in [2.05, 4.69) is 30.8 Å². The van der Waals surface area contributed by atoms with Crippen LogP contribution >= 0.6 is 11.3 Å². The Balaban J connectivity index is 1.93. The van der Waals surface area contributed by atoms with Crippen molar-refractivity contribution >= 4 is 37.3 Å². The largest absolute Gasteiger partial charge is 0.305 e. The lowest BCUT2D eigenvalue weighted by Gasteiger charge is -2.05. The number of hydrogen-bond donors (Lipinski definition) is 0. The zero-order chi connectivity index (χ0) is 21.0. The molecule has 0 N–H and O–H groups in total. The van der Waals surface area contributed by atoms with Gasteiger partial charge in [-0.15, -0.1) is 6.42 Å². The first-order valence-corrected chi connectivity index (χ1v) is 11.8. The maximum absolute atomic E-state index is 12.4. The highest BCUT2D eigenvalue weighted by molar-refractivity contribution is 7.91. The van der Waals surface area contributed by atoms with Crippen LogP contribution in [-0.2, 0) is 26.9 Å². The number of aromatic nitrogens is 1. The standard InChI is InChI=1S/C22H22N2O3S2/c1-4-12-24-19-11-10-18(16(2)3)13-20(19)28-22(24)23-21(25)15-29(26,27)14-17-8-6-5-7-9-17/h1,5-11,13,16H,12,14-15H2,2-3H3. The summed E-state index contributed by atoms with van der Waals surface area (Å²) >= 11 is 1.34. The van der Waals surface area contributed by atoms with E-state index < -0.39 is 21.5 Å². The molecule has 5 nitrogen and oxygen atoms in total. The minimum absolute atomic E-state index is 0.191. The molecule has 0 bridgehead atoms. The summed E-state index contributed by atoms with van der Waals surface area (Å²) in [4.78, 5) is 16.9. The van der Waals surface area contributed by atoms with E-state index in [1.54, 1.807) is 28.8 Å². The molecule has 0 saturated carbocycles. The van der Waals surface area contributed by atoms with Crippen molar-refractivity contribution < 1.29 is 13.2 Å². The van der Waals surface area contributed by atoms with Crippen molar-refractivity contribution in [3.8, 4) is 12.3 Å². The zero-order valence-corrected chi connectivity index (χ0v) is 18.0. The van der Waals surface area contributed by atoms with Crippen LogP contribution in [0.2, 0.25) is 0 Å². The van der Waals surface area contributed by atoms with Gasteiger partial charge in [0.2, 0.25) is 0 Å². The average Bonchev–Trinajstić information content (AvgIpc) is 2.98. The highest BCUT2D eigenvalue weighted by Gasteiger charge is 2.18. The molecule has 0 atom stereocenters. The van der Waals surface area contributed by atoms with Crippen molar-refractivity contribution in [2.24, 2.45) is 4.99 Å². The number of terminal acetylenes is 1. The Bertz CT molecular complexity index is 1240. The molecule has 2 aromatic carbocycles. The second-order valence-electron chi connectivity index (χ2n) is 7.08. The molecule has 1 amide bonds. The number of benzene rings is 2. The van der Waals surface area contributed by atoms with Crippen molar-refractivity contribution in [3.05, 3.63) is 64.5 Å². The van der Waals surface area contributed by atoms with Crippen LogP contribution in [0.3, 0.4) is 0 Å². The summed E-state index contributed by atoms with van der Waals surface area (Å²) < 4.78 is 27.5. The van der Waals surface area contributed by atoms with Gasteiger partial charge in [-0.1, -0.05) is 67.5 Å². The molecule has 0 aliphatic rings. The molecule has 0 aliphatic carbocycles. The van der Waals surface area contributed by atoms with E-state index in [1.165, 1.54) is 16.9 Å². The lowest BCUT2D eigenvalue weighted by atomic mass is 10.0. The maximum Gasteiger partial charge on any atom is 0.263 e. The predicted octanol–water partition coefficient (Wildman–Crippen LogP) is 3.50. The molecule has 0 radical (unpaired) electrons. The summed E-state index contributed by atoms with van der Waals surface area (Å²) in [6.45, 7) is 4.47. The summed E-state index contributed by atoms with van der Waals surface area (Å²) in [5.74, 6) is 1.42. The van der Waals surface area contributed by atoms with Crippen LogP contribution in [0.5, 0.6) is 0 Å². The third kappa shape index (κ3) is 5.22. The number of nitrogens with zero attached hydrogens (tertiary/aromatic N) is 2. The van der Waals surface area contributed by atoms with Crippen molar-refractivity contribution in [2.45, 2.75) is 32.1 Å². The predicted molar refractivity (Wildman–Crippen MR) is 117 cm³/mol. The van der Waals surface area contributed by atoms with Gasteiger partial charge in [-0.3, -0.25) is 4.79 Å². The van der Waals surface area contributed by atoms with Gasteiger partial charge in [0.1, 0.15) is 5.75 Å². The van der Waals surface area contributed by atoms with Gasteiger partial charge in [-0.2, -0.15) is 4.99 Å². The van der Waals surface area contributed by atoms with E-state index in [4.69, 9.17) is 6.42 Å². The van der Waals surface area contributed by atoms with Crippen LogP contribution in [-0.4, -0.2) is 24.6 Å². The molecule has 0 aliphatic heterocycles. The maximum atomic E-state index is 12.4. The molecule has 0 fully saturated rings. The molecule has 0 unspecified atom stereocenters. The van der Waals surface area contributed by atoms with E-state index in [0.717, 1.165) is 10.2 Å². The third-order valence-corrected chi connectivity index (χ3v) is 6.92. The molecule has 29 heavy (non-hydrogen) atoms. The number of sulfone groups is 1. The Morgan fingerprint density at radius 1 is 1.21 bits per heavy atom. The van der Waals surface area contributed by atoms with Crippen molar-refractivity contribution in [2.75, 3.05) is 5.75 Å². The van der Waals surface area contributed by atoms with Gasteiger partial charge >= 0.3 is 0 Å². The van der Waals surface area contributed by atoms with E-state index in [0.29, 0.717) is 16.3 Å². The molecule has 7 heteroatoms. The Kier molecular flexibility index (Phi) is 6.36. The summed E-state index contributed by atoms with van der Waals surface area (Å²) in [5, 5.41) is 0. The van der Waals surface area contributed by atoms with Gasteiger partial charge in [0.15, 0.2) is 14.6 Å². The normalized spacial score (nSPS) is 12.4. The second-order valence-corrected chi connectivity index (χ2v) is 10.2. The van der Waals surface area contributed by atoms with Gasteiger partial charge < -0.3 is 4.57 Å². The van der Waals surface area contributed by atoms with Gasteiger partial charge in [0, 0.05) is 0 Å². The third-order valence-electron chi connectivity index (χ3n) is 4.42. The van der Waals surface area contributed by atoms with Crippen LogP contribution in [0.25, 0.3) is 10.2 Å². The lowest BCUT2D eigenvalue weighted by molar-refractivity contribution is -0.115. The van der Waals surface area contributed by atoms with Gasteiger partial charge in [0.25, 0.3) is 5.91 Å². The monoisotopic (exact) mass is 426 g/mol. The average molecular weight is 427 g/mol. The van der Waals surface area contributed by atoms with Gasteiger partial charge in [-0.05, 0) is 29.2 Å². The topological polar surface area (TPSA) is 68.5 Å². The summed E-state index contributed by atoms with van der Waals surface area (Å²) in [5.41, 5.74) is 2.71. The van der Waals surface area contributed by atoms with Gasteiger partial charge in [-0.25, -0.2) is 8.42 Å². The number of carbonyl (C=O) groups excluding carboxylic acids is 1. The zero-order valence-electron chi connectivity index (χ0n) is 16.3. The highest BCUT2D eigenvalue weighted by Crippen LogP contribution is 2.23. The van der Waals surface area contributed by atoms with Gasteiger partial charge in [0.05, 0.1) is 22.5 Å². The Hall–Kier alpha value is -2.69. The van der Waals surface area contributed by atoms with Crippen molar-refractivity contribution in [1.29, 1.82) is 0 Å². The number of rotatable bonds is 6. The smallest absolute Gasteiger partial charge is 0.263 e. The fraction of sp³-hybridized carbons (Fsp3) is 0.273. The van der Waals surface area contributed by atoms with E-state index >= 15 is 0 Å². The number of hydrogen-bond acceptors (Lipinski definition) is 4. The Morgan fingerprint density at radius 2 is 1.93 bits per heavy atom. The van der Waals surface area contributed by atoms with Crippen LogP contribution in [0.1, 0.15) is 30.9 Å². The molecule has 3 aromatic rings. The van der Waals surface area contributed by atoms with Crippen molar-refractivity contribution in [1.82, 2.24) is 4.57 Å². The van der Waals surface area contributed by atoms with Crippen LogP contribution in [0.15, 0.2) is 53.5 Å². The number of fused-ring (bicyclic) bond motifs is 1. The SMILES string of the molecule is C#CCn1c(=NC(=O)CS(=O)(=O)Cc2ccccc2)sc2cc(C(C)C)ccc21. The Morgan fingerprint density at radius 3 is 2.59 bits per heavy atom. The molecule has 0 spiro atoms. The highest BCUT2D eigenvalue weighted by atomic mass is 32.2. The molecular weight excluding hydrogens is 404 g/mol. The lowest BCUT2D eigenvalue weighted by Crippen LogP contribution is -2.21. The summed E-state index contributed by atoms with van der Waals surface area (Å²) in [6, 6.07) is 14.8. The molecule has 3 rings (SSSR count). The Labute approximate surface area is 174 Å². The summed E-state index contributed by atoms with van der Waals surface area (Å²) in [6.07, 6.45) is 5.49. The fourth-order valence-corrected chi connectivity index (χ4v) is 5.32. The van der Waals surface area contributed by atoms with Crippen LogP contribution in [0, 0.1) is 12.3 Å².